The van der Waals surface area contributed by atoms with Gasteiger partial charge in [-0.05, 0) is 55.6 Å². The monoisotopic (exact) mass is 328 g/mol. The van der Waals surface area contributed by atoms with Crippen LogP contribution in [0, 0.1) is 17.8 Å². The van der Waals surface area contributed by atoms with Crippen LogP contribution in [-0.4, -0.2) is 17.4 Å². The fourth-order valence-electron chi connectivity index (χ4n) is 4.43. The number of hydrogen-bond acceptors (Lipinski definition) is 3. The number of hydrogen-bond donors (Lipinski definition) is 1. The first kappa shape index (κ1) is 15.1. The van der Waals surface area contributed by atoms with Gasteiger partial charge in [-0.25, -0.2) is 4.98 Å². The van der Waals surface area contributed by atoms with Crippen molar-refractivity contribution in [2.75, 3.05) is 6.54 Å². The lowest BCUT2D eigenvalue weighted by Gasteiger charge is -2.20. The minimum atomic E-state index is 0.256. The van der Waals surface area contributed by atoms with Crippen molar-refractivity contribution in [2.24, 2.45) is 17.8 Å². The second-order valence-electron chi connectivity index (χ2n) is 7.17. The molecule has 1 amide bonds. The van der Waals surface area contributed by atoms with Crippen molar-refractivity contribution in [3.8, 4) is 0 Å². The van der Waals surface area contributed by atoms with E-state index in [1.54, 1.807) is 11.3 Å². The summed E-state index contributed by atoms with van der Waals surface area (Å²) in [4.78, 5) is 16.7. The van der Waals surface area contributed by atoms with Gasteiger partial charge < -0.3 is 5.32 Å². The maximum absolute atomic E-state index is 12.1. The molecule has 1 aromatic heterocycles. The standard InChI is InChI=1S/C19H24N2OS/c22-18(12-15-11-13-7-8-14(15)10-13)20-9-3-6-19-21-16-4-1-2-5-17(16)23-19/h1-2,4-5,13-15H,3,6-12H2,(H,20,22). The van der Waals surface area contributed by atoms with E-state index in [0.29, 0.717) is 5.92 Å². The highest BCUT2D eigenvalue weighted by molar-refractivity contribution is 7.18. The van der Waals surface area contributed by atoms with Gasteiger partial charge in [-0.3, -0.25) is 4.79 Å². The lowest BCUT2D eigenvalue weighted by molar-refractivity contribution is -0.122. The molecule has 0 saturated heterocycles. The van der Waals surface area contributed by atoms with Crippen molar-refractivity contribution in [1.82, 2.24) is 10.3 Å². The van der Waals surface area contributed by atoms with Crippen molar-refractivity contribution in [3.05, 3.63) is 29.3 Å². The number of rotatable bonds is 6. The molecule has 4 rings (SSSR count). The Morgan fingerprint density at radius 3 is 2.96 bits per heavy atom. The lowest BCUT2D eigenvalue weighted by Crippen LogP contribution is -2.28. The zero-order chi connectivity index (χ0) is 15.6. The fraction of sp³-hybridized carbons (Fsp3) is 0.579. The van der Waals surface area contributed by atoms with Crippen LogP contribution in [0.5, 0.6) is 0 Å². The molecule has 4 heteroatoms. The normalized spacial score (nSPS) is 26.0. The second-order valence-corrected chi connectivity index (χ2v) is 8.28. The predicted molar refractivity (Wildman–Crippen MR) is 94.5 cm³/mol. The van der Waals surface area contributed by atoms with E-state index in [4.69, 9.17) is 0 Å². The SMILES string of the molecule is O=C(CC1CC2CCC1C2)NCCCc1nc2ccccc2s1. The summed E-state index contributed by atoms with van der Waals surface area (Å²) in [7, 11) is 0. The molecular formula is C19H24N2OS. The van der Waals surface area contributed by atoms with E-state index in [1.807, 2.05) is 6.07 Å². The van der Waals surface area contributed by atoms with Gasteiger partial charge in [0.15, 0.2) is 0 Å². The molecule has 0 aliphatic heterocycles. The number of nitrogens with one attached hydrogen (secondary N) is 1. The molecule has 0 spiro atoms. The van der Waals surface area contributed by atoms with E-state index in [-0.39, 0.29) is 5.91 Å². The number of benzene rings is 1. The molecule has 1 heterocycles. The Hall–Kier alpha value is -1.42. The highest BCUT2D eigenvalue weighted by Crippen LogP contribution is 2.49. The summed E-state index contributed by atoms with van der Waals surface area (Å²) in [5.41, 5.74) is 1.09. The first-order chi connectivity index (χ1) is 11.3. The molecule has 2 saturated carbocycles. The van der Waals surface area contributed by atoms with Gasteiger partial charge in [0, 0.05) is 19.4 Å². The molecule has 3 atom stereocenters. The number of para-hydroxylation sites is 1. The summed E-state index contributed by atoms with van der Waals surface area (Å²) in [6.07, 6.45) is 8.13. The Labute approximate surface area is 141 Å². The zero-order valence-electron chi connectivity index (χ0n) is 13.5. The summed E-state index contributed by atoms with van der Waals surface area (Å²) in [6, 6.07) is 8.27. The number of aromatic nitrogens is 1. The molecule has 2 fully saturated rings. The van der Waals surface area contributed by atoms with Crippen LogP contribution < -0.4 is 5.32 Å². The average molecular weight is 328 g/mol. The van der Waals surface area contributed by atoms with Crippen LogP contribution in [0.2, 0.25) is 0 Å². The molecule has 0 radical (unpaired) electrons. The Balaban J connectivity index is 1.19. The van der Waals surface area contributed by atoms with E-state index in [2.05, 4.69) is 28.5 Å². The van der Waals surface area contributed by atoms with Crippen molar-refractivity contribution < 1.29 is 4.79 Å². The van der Waals surface area contributed by atoms with E-state index in [9.17, 15) is 4.79 Å². The summed E-state index contributed by atoms with van der Waals surface area (Å²) < 4.78 is 1.25. The van der Waals surface area contributed by atoms with E-state index >= 15 is 0 Å². The van der Waals surface area contributed by atoms with Gasteiger partial charge in [-0.15, -0.1) is 11.3 Å². The number of nitrogens with zero attached hydrogens (tertiary/aromatic N) is 1. The van der Waals surface area contributed by atoms with Crippen molar-refractivity contribution >= 4 is 27.5 Å². The van der Waals surface area contributed by atoms with Gasteiger partial charge in [-0.1, -0.05) is 18.6 Å². The van der Waals surface area contributed by atoms with Gasteiger partial charge in [0.2, 0.25) is 5.91 Å². The minimum absolute atomic E-state index is 0.256. The van der Waals surface area contributed by atoms with E-state index < -0.39 is 0 Å². The van der Waals surface area contributed by atoms with Gasteiger partial charge >= 0.3 is 0 Å². The van der Waals surface area contributed by atoms with Gasteiger partial charge in [-0.2, -0.15) is 0 Å². The third-order valence-corrected chi connectivity index (χ3v) is 6.66. The first-order valence-electron chi connectivity index (χ1n) is 8.89. The van der Waals surface area contributed by atoms with Crippen LogP contribution in [0.25, 0.3) is 10.2 Å². The molecule has 23 heavy (non-hydrogen) atoms. The smallest absolute Gasteiger partial charge is 0.220 e. The number of carbonyl (C=O) groups is 1. The molecule has 2 aliphatic carbocycles. The average Bonchev–Trinajstić information content (AvgIpc) is 3.25. The summed E-state index contributed by atoms with van der Waals surface area (Å²) in [6.45, 7) is 0.773. The Morgan fingerprint density at radius 1 is 1.26 bits per heavy atom. The van der Waals surface area contributed by atoms with Crippen LogP contribution in [0.1, 0.15) is 43.5 Å². The molecular weight excluding hydrogens is 304 g/mol. The topological polar surface area (TPSA) is 42.0 Å². The fourth-order valence-corrected chi connectivity index (χ4v) is 5.44. The number of fused-ring (bicyclic) bond motifs is 3. The summed E-state index contributed by atoms with van der Waals surface area (Å²) >= 11 is 1.77. The third-order valence-electron chi connectivity index (χ3n) is 5.56. The second kappa shape index (κ2) is 6.60. The van der Waals surface area contributed by atoms with Crippen LogP contribution in [0.3, 0.4) is 0 Å². The summed E-state index contributed by atoms with van der Waals surface area (Å²) in [5, 5.41) is 4.29. The molecule has 2 bridgehead atoms. The maximum atomic E-state index is 12.1. The predicted octanol–water partition coefficient (Wildman–Crippen LogP) is 4.17. The number of aryl methyl sites for hydroxylation is 1. The highest BCUT2D eigenvalue weighted by atomic mass is 32.1. The third kappa shape index (κ3) is 3.42. The molecule has 122 valence electrons. The molecule has 1 N–H and O–H groups in total. The van der Waals surface area contributed by atoms with Crippen molar-refractivity contribution in [1.29, 1.82) is 0 Å². The van der Waals surface area contributed by atoms with Crippen LogP contribution in [0.4, 0.5) is 0 Å². The van der Waals surface area contributed by atoms with Crippen molar-refractivity contribution in [3.63, 3.8) is 0 Å². The maximum Gasteiger partial charge on any atom is 0.220 e. The molecule has 3 nitrogen and oxygen atoms in total. The Kier molecular flexibility index (Phi) is 4.34. The lowest BCUT2D eigenvalue weighted by atomic mass is 9.86. The van der Waals surface area contributed by atoms with Gasteiger partial charge in [0.25, 0.3) is 0 Å². The number of amides is 1. The first-order valence-corrected chi connectivity index (χ1v) is 9.71. The minimum Gasteiger partial charge on any atom is -0.356 e. The quantitative estimate of drug-likeness (QED) is 0.809. The van der Waals surface area contributed by atoms with Gasteiger partial charge in [0.1, 0.15) is 0 Å². The molecule has 2 aromatic rings. The van der Waals surface area contributed by atoms with E-state index in [1.165, 1.54) is 35.4 Å². The van der Waals surface area contributed by atoms with Crippen LogP contribution in [0.15, 0.2) is 24.3 Å². The van der Waals surface area contributed by atoms with Crippen LogP contribution in [-0.2, 0) is 11.2 Å². The Bertz CT molecular complexity index is 662. The van der Waals surface area contributed by atoms with Crippen LogP contribution >= 0.6 is 11.3 Å². The zero-order valence-corrected chi connectivity index (χ0v) is 14.3. The van der Waals surface area contributed by atoms with Crippen molar-refractivity contribution in [2.45, 2.75) is 44.9 Å². The molecule has 3 unspecified atom stereocenters. The molecule has 2 aliphatic rings. The largest absolute Gasteiger partial charge is 0.356 e. The van der Waals surface area contributed by atoms with Gasteiger partial charge in [0.05, 0.1) is 15.2 Å². The summed E-state index contributed by atoms with van der Waals surface area (Å²) in [5.74, 6) is 2.69. The number of thiazole rings is 1. The highest BCUT2D eigenvalue weighted by Gasteiger charge is 2.39. The Morgan fingerprint density at radius 2 is 2.17 bits per heavy atom. The van der Waals surface area contributed by atoms with E-state index in [0.717, 1.165) is 43.2 Å². The molecule has 1 aromatic carbocycles. The number of carbonyl (C=O) groups excluding carboxylic acids is 1.